The van der Waals surface area contributed by atoms with E-state index >= 15 is 0 Å². The first kappa shape index (κ1) is 18.5. The molecule has 0 radical (unpaired) electrons. The minimum atomic E-state index is -0.666. The molecule has 4 rings (SSSR count). The van der Waals surface area contributed by atoms with Crippen LogP contribution < -0.4 is 20.1 Å². The molecule has 0 bridgehead atoms. The highest BCUT2D eigenvalue weighted by Crippen LogP contribution is 2.34. The molecule has 146 valence electrons. The summed E-state index contributed by atoms with van der Waals surface area (Å²) in [6.07, 6.45) is 0. The van der Waals surface area contributed by atoms with Crippen LogP contribution in [-0.2, 0) is 4.79 Å². The predicted molar refractivity (Wildman–Crippen MR) is 105 cm³/mol. The van der Waals surface area contributed by atoms with Crippen molar-refractivity contribution in [3.63, 3.8) is 0 Å². The lowest BCUT2D eigenvalue weighted by Gasteiger charge is -2.09. The van der Waals surface area contributed by atoms with Crippen LogP contribution >= 0.6 is 0 Å². The molecule has 2 amide bonds. The van der Waals surface area contributed by atoms with Crippen LogP contribution in [0.4, 0.5) is 10.1 Å². The van der Waals surface area contributed by atoms with Crippen LogP contribution in [0.5, 0.6) is 11.5 Å². The minimum Gasteiger partial charge on any atom is -0.454 e. The van der Waals surface area contributed by atoms with Gasteiger partial charge in [-0.2, -0.15) is 0 Å². The fourth-order valence-electron chi connectivity index (χ4n) is 2.94. The topological polar surface area (TPSA) is 76.7 Å². The summed E-state index contributed by atoms with van der Waals surface area (Å²) >= 11 is 0. The Morgan fingerprint density at radius 2 is 1.69 bits per heavy atom. The summed E-state index contributed by atoms with van der Waals surface area (Å²) in [5, 5.41) is 5.09. The molecular formula is C22H17FN2O4. The lowest BCUT2D eigenvalue weighted by atomic mass is 10.0. The minimum absolute atomic E-state index is 0.123. The van der Waals surface area contributed by atoms with Crippen LogP contribution in [0.3, 0.4) is 0 Å². The number of benzene rings is 3. The van der Waals surface area contributed by atoms with Crippen molar-refractivity contribution in [2.45, 2.75) is 0 Å². The van der Waals surface area contributed by atoms with Crippen molar-refractivity contribution < 1.29 is 23.5 Å². The number of anilines is 1. The first-order chi connectivity index (χ1) is 14.1. The Morgan fingerprint density at radius 3 is 2.52 bits per heavy atom. The molecule has 0 fully saturated rings. The fourth-order valence-corrected chi connectivity index (χ4v) is 2.94. The zero-order valence-electron chi connectivity index (χ0n) is 15.3. The van der Waals surface area contributed by atoms with E-state index in [0.29, 0.717) is 22.7 Å². The SMILES string of the molecule is O=C(CNC(=O)c1cc(-c2ccccc2)ccc1F)Nc1ccc2c(c1)OCO2. The summed E-state index contributed by atoms with van der Waals surface area (Å²) in [7, 11) is 0. The van der Waals surface area contributed by atoms with Crippen LogP contribution in [0, 0.1) is 5.82 Å². The molecule has 1 heterocycles. The molecule has 0 spiro atoms. The smallest absolute Gasteiger partial charge is 0.254 e. The summed E-state index contributed by atoms with van der Waals surface area (Å²) in [5.41, 5.74) is 1.96. The van der Waals surface area contributed by atoms with Gasteiger partial charge in [-0.3, -0.25) is 9.59 Å². The second-order valence-corrected chi connectivity index (χ2v) is 6.36. The zero-order valence-corrected chi connectivity index (χ0v) is 15.3. The number of amides is 2. The highest BCUT2D eigenvalue weighted by Gasteiger charge is 2.16. The third-order valence-corrected chi connectivity index (χ3v) is 4.38. The number of halogens is 1. The van der Waals surface area contributed by atoms with Gasteiger partial charge >= 0.3 is 0 Å². The van der Waals surface area contributed by atoms with Gasteiger partial charge in [0, 0.05) is 11.8 Å². The van der Waals surface area contributed by atoms with Crippen LogP contribution in [0.1, 0.15) is 10.4 Å². The van der Waals surface area contributed by atoms with Crippen molar-refractivity contribution in [1.82, 2.24) is 5.32 Å². The van der Waals surface area contributed by atoms with Gasteiger partial charge in [0.15, 0.2) is 11.5 Å². The van der Waals surface area contributed by atoms with E-state index in [1.54, 1.807) is 24.3 Å². The van der Waals surface area contributed by atoms with E-state index in [1.807, 2.05) is 30.3 Å². The van der Waals surface area contributed by atoms with Gasteiger partial charge in [0.25, 0.3) is 5.91 Å². The van der Waals surface area contributed by atoms with Gasteiger partial charge in [-0.15, -0.1) is 0 Å². The molecule has 1 aliphatic heterocycles. The number of ether oxygens (including phenoxy) is 2. The summed E-state index contributed by atoms with van der Waals surface area (Å²) < 4.78 is 24.6. The molecule has 0 saturated heterocycles. The van der Waals surface area contributed by atoms with E-state index in [4.69, 9.17) is 9.47 Å². The highest BCUT2D eigenvalue weighted by molar-refractivity contribution is 6.00. The van der Waals surface area contributed by atoms with Crippen LogP contribution in [0.15, 0.2) is 66.7 Å². The number of carbonyl (C=O) groups is 2. The van der Waals surface area contributed by atoms with Crippen LogP contribution in [0.25, 0.3) is 11.1 Å². The maximum atomic E-state index is 14.1. The summed E-state index contributed by atoms with van der Waals surface area (Å²) in [5.74, 6) is -0.631. The monoisotopic (exact) mass is 392 g/mol. The largest absolute Gasteiger partial charge is 0.454 e. The third-order valence-electron chi connectivity index (χ3n) is 4.38. The summed E-state index contributed by atoms with van der Waals surface area (Å²) in [6, 6.07) is 18.6. The normalized spacial score (nSPS) is 11.8. The lowest BCUT2D eigenvalue weighted by Crippen LogP contribution is -2.33. The quantitative estimate of drug-likeness (QED) is 0.696. The van der Waals surface area contributed by atoms with Gasteiger partial charge in [0.1, 0.15) is 5.82 Å². The van der Waals surface area contributed by atoms with Crippen molar-refractivity contribution in [3.05, 3.63) is 78.1 Å². The van der Waals surface area contributed by atoms with E-state index in [0.717, 1.165) is 5.56 Å². The van der Waals surface area contributed by atoms with E-state index in [1.165, 1.54) is 12.1 Å². The summed E-state index contributed by atoms with van der Waals surface area (Å²) in [4.78, 5) is 24.5. The van der Waals surface area contributed by atoms with Gasteiger partial charge in [0.05, 0.1) is 12.1 Å². The Labute approximate surface area is 166 Å². The maximum Gasteiger partial charge on any atom is 0.254 e. The molecule has 3 aromatic carbocycles. The molecule has 2 N–H and O–H groups in total. The van der Waals surface area contributed by atoms with Gasteiger partial charge in [0.2, 0.25) is 12.7 Å². The van der Waals surface area contributed by atoms with E-state index in [2.05, 4.69) is 10.6 Å². The second-order valence-electron chi connectivity index (χ2n) is 6.36. The van der Waals surface area contributed by atoms with Gasteiger partial charge in [-0.1, -0.05) is 36.4 Å². The molecule has 0 atom stereocenters. The molecule has 0 unspecified atom stereocenters. The Balaban J connectivity index is 1.40. The van der Waals surface area contributed by atoms with Crippen LogP contribution in [0.2, 0.25) is 0 Å². The Kier molecular flexibility index (Phi) is 5.11. The molecule has 0 aromatic heterocycles. The third kappa shape index (κ3) is 4.19. The maximum absolute atomic E-state index is 14.1. The van der Waals surface area contributed by atoms with Gasteiger partial charge < -0.3 is 20.1 Å². The Bertz CT molecular complexity index is 1070. The fraction of sp³-hybridized carbons (Fsp3) is 0.0909. The molecule has 0 saturated carbocycles. The lowest BCUT2D eigenvalue weighted by molar-refractivity contribution is -0.115. The Hall–Kier alpha value is -3.87. The standard InChI is InChI=1S/C22H17FN2O4/c23-18-8-6-15(14-4-2-1-3-5-14)10-17(18)22(27)24-12-21(26)25-16-7-9-19-20(11-16)29-13-28-19/h1-11H,12-13H2,(H,24,27)(H,25,26). The molecular weight excluding hydrogens is 375 g/mol. The number of hydrogen-bond acceptors (Lipinski definition) is 4. The summed E-state index contributed by atoms with van der Waals surface area (Å²) in [6.45, 7) is -0.168. The predicted octanol–water partition coefficient (Wildman–Crippen LogP) is 3.59. The second kappa shape index (κ2) is 8.02. The molecule has 1 aliphatic rings. The number of hydrogen-bond donors (Lipinski definition) is 2. The highest BCUT2D eigenvalue weighted by atomic mass is 19.1. The average Bonchev–Trinajstić information content (AvgIpc) is 3.21. The number of fused-ring (bicyclic) bond motifs is 1. The van der Waals surface area contributed by atoms with Crippen molar-refractivity contribution in [1.29, 1.82) is 0 Å². The average molecular weight is 392 g/mol. The number of rotatable bonds is 5. The first-order valence-electron chi connectivity index (χ1n) is 8.93. The van der Waals surface area contributed by atoms with Gasteiger partial charge in [-0.25, -0.2) is 4.39 Å². The van der Waals surface area contributed by atoms with Crippen molar-refractivity contribution in [2.75, 3.05) is 18.7 Å². The van der Waals surface area contributed by atoms with E-state index < -0.39 is 17.6 Å². The first-order valence-corrected chi connectivity index (χ1v) is 8.93. The van der Waals surface area contributed by atoms with Crippen molar-refractivity contribution >= 4 is 17.5 Å². The molecule has 6 nitrogen and oxygen atoms in total. The number of carbonyl (C=O) groups excluding carboxylic acids is 2. The molecule has 7 heteroatoms. The molecule has 0 aliphatic carbocycles. The zero-order chi connectivity index (χ0) is 20.2. The molecule has 3 aromatic rings. The van der Waals surface area contributed by atoms with E-state index in [-0.39, 0.29) is 18.9 Å². The number of nitrogens with one attached hydrogen (secondary N) is 2. The van der Waals surface area contributed by atoms with Crippen molar-refractivity contribution in [3.8, 4) is 22.6 Å². The van der Waals surface area contributed by atoms with Gasteiger partial charge in [-0.05, 0) is 35.4 Å². The van der Waals surface area contributed by atoms with Crippen LogP contribution in [-0.4, -0.2) is 25.2 Å². The Morgan fingerprint density at radius 1 is 0.897 bits per heavy atom. The van der Waals surface area contributed by atoms with E-state index in [9.17, 15) is 14.0 Å². The molecule has 29 heavy (non-hydrogen) atoms. The van der Waals surface area contributed by atoms with Crippen molar-refractivity contribution in [2.24, 2.45) is 0 Å².